The van der Waals surface area contributed by atoms with Gasteiger partial charge in [-0.05, 0) is 19.8 Å². The van der Waals surface area contributed by atoms with Crippen molar-refractivity contribution in [1.82, 2.24) is 0 Å². The molecule has 1 unspecified atom stereocenters. The molecule has 14 heavy (non-hydrogen) atoms. The highest BCUT2D eigenvalue weighted by Gasteiger charge is 2.37. The summed E-state index contributed by atoms with van der Waals surface area (Å²) in [6.07, 6.45) is 0.000949. The Morgan fingerprint density at radius 2 is 1.43 bits per heavy atom. The monoisotopic (exact) mass is 224 g/mol. The molecule has 0 aliphatic carbocycles. The Bertz CT molecular complexity index is 195. The van der Waals surface area contributed by atoms with E-state index in [1.165, 1.54) is 14.2 Å². The first kappa shape index (κ1) is 14.1. The van der Waals surface area contributed by atoms with E-state index in [0.717, 1.165) is 0 Å². The maximum absolute atomic E-state index is 12.1. The van der Waals surface area contributed by atoms with Gasteiger partial charge in [0, 0.05) is 14.2 Å². The lowest BCUT2D eigenvalue weighted by molar-refractivity contribution is 0.0109. The second kappa shape index (κ2) is 5.86. The van der Waals surface area contributed by atoms with Gasteiger partial charge in [-0.2, -0.15) is 0 Å². The van der Waals surface area contributed by atoms with Gasteiger partial charge in [-0.1, -0.05) is 13.8 Å². The first-order valence-electron chi connectivity index (χ1n) is 4.74. The molecule has 0 heterocycles. The minimum atomic E-state index is -3.12. The van der Waals surface area contributed by atoms with Gasteiger partial charge < -0.3 is 13.8 Å². The highest BCUT2D eigenvalue weighted by Crippen LogP contribution is 2.54. The summed E-state index contributed by atoms with van der Waals surface area (Å²) >= 11 is 0. The van der Waals surface area contributed by atoms with Crippen LogP contribution in [0.15, 0.2) is 0 Å². The molecule has 0 aromatic rings. The van der Waals surface area contributed by atoms with E-state index in [1.807, 2.05) is 27.7 Å². The van der Waals surface area contributed by atoms with E-state index in [2.05, 4.69) is 0 Å². The van der Waals surface area contributed by atoms with Crippen LogP contribution in [0.5, 0.6) is 0 Å². The molecule has 0 rings (SSSR count). The fraction of sp³-hybridized carbons (Fsp3) is 1.00. The van der Waals surface area contributed by atoms with Crippen molar-refractivity contribution in [3.05, 3.63) is 0 Å². The molecule has 0 bridgehead atoms. The topological polar surface area (TPSA) is 44.8 Å². The maximum atomic E-state index is 12.1. The smallest absolute Gasteiger partial charge is 0.358 e. The van der Waals surface area contributed by atoms with Crippen LogP contribution in [0, 0.1) is 5.92 Å². The van der Waals surface area contributed by atoms with Crippen molar-refractivity contribution in [3.63, 3.8) is 0 Å². The van der Waals surface area contributed by atoms with Crippen LogP contribution in [0.3, 0.4) is 0 Å². The van der Waals surface area contributed by atoms with Crippen molar-refractivity contribution < 1.29 is 18.3 Å². The van der Waals surface area contributed by atoms with Crippen LogP contribution in [0.2, 0.25) is 0 Å². The van der Waals surface area contributed by atoms with Gasteiger partial charge in [0.05, 0.1) is 6.10 Å². The van der Waals surface area contributed by atoms with Gasteiger partial charge in [0.25, 0.3) is 0 Å². The molecule has 0 fully saturated rings. The van der Waals surface area contributed by atoms with Crippen LogP contribution in [0.25, 0.3) is 0 Å². The Morgan fingerprint density at radius 1 is 1.00 bits per heavy atom. The van der Waals surface area contributed by atoms with Gasteiger partial charge in [-0.3, -0.25) is 4.57 Å². The molecule has 86 valence electrons. The van der Waals surface area contributed by atoms with Crippen molar-refractivity contribution in [2.24, 2.45) is 5.92 Å². The first-order chi connectivity index (χ1) is 6.37. The van der Waals surface area contributed by atoms with E-state index >= 15 is 0 Å². The predicted molar refractivity (Wildman–Crippen MR) is 56.5 cm³/mol. The van der Waals surface area contributed by atoms with Gasteiger partial charge in [0.2, 0.25) is 0 Å². The predicted octanol–water partition coefficient (Wildman–Crippen LogP) is 2.88. The van der Waals surface area contributed by atoms with E-state index in [4.69, 9.17) is 13.8 Å². The molecule has 0 aromatic heterocycles. The average Bonchev–Trinajstić information content (AvgIpc) is 2.12. The van der Waals surface area contributed by atoms with E-state index in [-0.39, 0.29) is 12.0 Å². The largest absolute Gasteiger partial charge is 0.363 e. The first-order valence-corrected chi connectivity index (χ1v) is 6.35. The quantitative estimate of drug-likeness (QED) is 0.651. The molecule has 5 heteroatoms. The summed E-state index contributed by atoms with van der Waals surface area (Å²) in [6, 6.07) is 0. The average molecular weight is 224 g/mol. The van der Waals surface area contributed by atoms with Crippen LogP contribution >= 0.6 is 7.60 Å². The fourth-order valence-electron chi connectivity index (χ4n) is 1.16. The molecule has 0 spiro atoms. The van der Waals surface area contributed by atoms with Crippen LogP contribution in [0.1, 0.15) is 27.7 Å². The van der Waals surface area contributed by atoms with Crippen LogP contribution in [0.4, 0.5) is 0 Å². The highest BCUT2D eigenvalue weighted by atomic mass is 31.2. The standard InChI is InChI=1S/C9H21O4P/c1-7(2)9(13-8(3)4)14(10,11-5)12-6/h7-9H,1-6H3. The molecular formula is C9H21O4P. The Kier molecular flexibility index (Phi) is 5.91. The Labute approximate surface area is 86.5 Å². The van der Waals surface area contributed by atoms with Crippen molar-refractivity contribution >= 4 is 7.60 Å². The lowest BCUT2D eigenvalue weighted by atomic mass is 10.2. The molecular weight excluding hydrogens is 203 g/mol. The summed E-state index contributed by atoms with van der Waals surface area (Å²) in [7, 11) is -0.367. The lowest BCUT2D eigenvalue weighted by Gasteiger charge is -2.28. The van der Waals surface area contributed by atoms with E-state index < -0.39 is 13.4 Å². The zero-order chi connectivity index (χ0) is 11.4. The van der Waals surface area contributed by atoms with Gasteiger partial charge >= 0.3 is 7.60 Å². The van der Waals surface area contributed by atoms with E-state index in [0.29, 0.717) is 0 Å². The second-order valence-electron chi connectivity index (χ2n) is 3.72. The summed E-state index contributed by atoms with van der Waals surface area (Å²) < 4.78 is 27.4. The normalized spacial score (nSPS) is 15.1. The Morgan fingerprint density at radius 3 is 1.64 bits per heavy atom. The van der Waals surface area contributed by atoms with Crippen molar-refractivity contribution in [1.29, 1.82) is 0 Å². The zero-order valence-corrected chi connectivity index (χ0v) is 10.7. The van der Waals surface area contributed by atoms with Crippen molar-refractivity contribution in [2.45, 2.75) is 39.6 Å². The maximum Gasteiger partial charge on any atom is 0.358 e. The molecule has 0 saturated heterocycles. The molecule has 0 radical (unpaired) electrons. The van der Waals surface area contributed by atoms with Crippen LogP contribution in [-0.2, 0) is 18.3 Å². The Hall–Kier alpha value is 0.110. The summed E-state index contributed by atoms with van der Waals surface area (Å²) in [6.45, 7) is 7.64. The molecule has 0 aromatic carbocycles. The zero-order valence-electron chi connectivity index (χ0n) is 9.81. The molecule has 1 atom stereocenters. The summed E-state index contributed by atoms with van der Waals surface area (Å²) in [5.41, 5.74) is 0. The van der Waals surface area contributed by atoms with Gasteiger partial charge in [0.15, 0.2) is 5.85 Å². The minimum Gasteiger partial charge on any atom is -0.363 e. The summed E-state index contributed by atoms with van der Waals surface area (Å²) in [5.74, 6) is -0.416. The Balaban J connectivity index is 4.71. The van der Waals surface area contributed by atoms with Crippen molar-refractivity contribution in [3.8, 4) is 0 Å². The van der Waals surface area contributed by atoms with Gasteiger partial charge in [0.1, 0.15) is 0 Å². The number of rotatable bonds is 6. The molecule has 0 N–H and O–H groups in total. The van der Waals surface area contributed by atoms with Gasteiger partial charge in [-0.25, -0.2) is 0 Å². The third-order valence-electron chi connectivity index (χ3n) is 1.80. The van der Waals surface area contributed by atoms with E-state index in [9.17, 15) is 4.57 Å². The van der Waals surface area contributed by atoms with E-state index in [1.54, 1.807) is 0 Å². The molecule has 0 saturated carbocycles. The second-order valence-corrected chi connectivity index (χ2v) is 6.04. The lowest BCUT2D eigenvalue weighted by Crippen LogP contribution is -2.25. The number of hydrogen-bond acceptors (Lipinski definition) is 4. The molecule has 0 aliphatic heterocycles. The van der Waals surface area contributed by atoms with Crippen molar-refractivity contribution in [2.75, 3.05) is 14.2 Å². The number of ether oxygens (including phenoxy) is 1. The highest BCUT2D eigenvalue weighted by molar-refractivity contribution is 7.54. The van der Waals surface area contributed by atoms with Crippen LogP contribution in [-0.4, -0.2) is 26.2 Å². The number of hydrogen-bond donors (Lipinski definition) is 0. The molecule has 4 nitrogen and oxygen atoms in total. The summed E-state index contributed by atoms with van der Waals surface area (Å²) in [4.78, 5) is 0. The third-order valence-corrected chi connectivity index (χ3v) is 4.16. The fourth-order valence-corrected chi connectivity index (χ4v) is 2.85. The molecule has 0 aliphatic rings. The summed E-state index contributed by atoms with van der Waals surface area (Å²) in [5, 5.41) is 0. The van der Waals surface area contributed by atoms with Gasteiger partial charge in [-0.15, -0.1) is 0 Å². The minimum absolute atomic E-state index is 0.000949. The molecule has 0 amide bonds. The van der Waals surface area contributed by atoms with Crippen LogP contribution < -0.4 is 0 Å². The third kappa shape index (κ3) is 3.70. The SMILES string of the molecule is COP(=O)(OC)C(OC(C)C)C(C)C.